The molecule has 5 nitrogen and oxygen atoms in total. The summed E-state index contributed by atoms with van der Waals surface area (Å²) in [5.41, 5.74) is 0.718. The van der Waals surface area contributed by atoms with Gasteiger partial charge in [0, 0.05) is 30.8 Å². The number of nitrogens with one attached hydrogen (secondary N) is 1. The Labute approximate surface area is 125 Å². The molecule has 0 aliphatic carbocycles. The molecule has 0 bridgehead atoms. The molecule has 1 atom stereocenters. The highest BCUT2D eigenvalue weighted by molar-refractivity contribution is 7.15. The number of halogens is 1. The quantitative estimate of drug-likeness (QED) is 0.882. The summed E-state index contributed by atoms with van der Waals surface area (Å²) in [5.74, 6) is -0.151. The first kappa shape index (κ1) is 13.6. The van der Waals surface area contributed by atoms with Crippen LogP contribution in [-0.2, 0) is 9.53 Å². The first-order valence-electron chi connectivity index (χ1n) is 6.42. The van der Waals surface area contributed by atoms with Gasteiger partial charge in [0.2, 0.25) is 5.91 Å². The van der Waals surface area contributed by atoms with Crippen molar-refractivity contribution in [2.75, 3.05) is 13.2 Å². The smallest absolute Gasteiger partial charge is 0.244 e. The molecule has 1 aliphatic heterocycles. The average molecular weight is 312 g/mol. The highest BCUT2D eigenvalue weighted by Crippen LogP contribution is 2.22. The van der Waals surface area contributed by atoms with Gasteiger partial charge >= 0.3 is 0 Å². The number of nitrogens with zero attached hydrogens (tertiary/aromatic N) is 2. The maximum Gasteiger partial charge on any atom is 0.244 e. The molecular formula is C13H14ClN3O2S. The first-order chi connectivity index (χ1) is 9.74. The van der Waals surface area contributed by atoms with Crippen LogP contribution in [0.3, 0.4) is 0 Å². The van der Waals surface area contributed by atoms with Gasteiger partial charge in [-0.3, -0.25) is 9.20 Å². The van der Waals surface area contributed by atoms with Crippen LogP contribution in [0.4, 0.5) is 0 Å². The zero-order valence-corrected chi connectivity index (χ0v) is 12.3. The minimum Gasteiger partial charge on any atom is -0.376 e. The molecule has 2 aromatic heterocycles. The van der Waals surface area contributed by atoms with Crippen LogP contribution in [0.15, 0.2) is 17.7 Å². The molecule has 7 heteroatoms. The molecule has 0 saturated carbocycles. The highest BCUT2D eigenvalue weighted by Gasteiger charge is 2.15. The van der Waals surface area contributed by atoms with Gasteiger partial charge in [0.1, 0.15) is 0 Å². The molecule has 106 valence electrons. The standard InChI is InChI=1S/C13H14ClN3O2S/c14-12-10(17-5-7-20-13(17)16-12)3-4-11(18)15-8-9-2-1-6-19-9/h3-5,7,9H,1-2,6,8H2,(H,15,18)/b4-3+/t9-/m0/s1. The number of rotatable bonds is 4. The van der Waals surface area contributed by atoms with Crippen LogP contribution in [0.1, 0.15) is 18.5 Å². The Bertz CT molecular complexity index is 643. The van der Waals surface area contributed by atoms with E-state index in [4.69, 9.17) is 16.3 Å². The number of amides is 1. The Morgan fingerprint density at radius 3 is 3.40 bits per heavy atom. The molecule has 0 aromatic carbocycles. The van der Waals surface area contributed by atoms with Crippen LogP contribution in [0.25, 0.3) is 11.0 Å². The van der Waals surface area contributed by atoms with Crippen molar-refractivity contribution in [3.05, 3.63) is 28.5 Å². The maximum absolute atomic E-state index is 11.8. The summed E-state index contributed by atoms with van der Waals surface area (Å²) in [4.78, 5) is 16.8. The molecule has 1 amide bonds. The molecule has 20 heavy (non-hydrogen) atoms. The van der Waals surface area contributed by atoms with Crippen LogP contribution in [-0.4, -0.2) is 34.5 Å². The summed E-state index contributed by atoms with van der Waals surface area (Å²) in [6.45, 7) is 1.34. The van der Waals surface area contributed by atoms with Crippen molar-refractivity contribution in [3.8, 4) is 0 Å². The van der Waals surface area contributed by atoms with Gasteiger partial charge in [-0.2, -0.15) is 0 Å². The van der Waals surface area contributed by atoms with Crippen LogP contribution in [0.2, 0.25) is 5.15 Å². The second-order valence-corrected chi connectivity index (χ2v) is 5.79. The van der Waals surface area contributed by atoms with E-state index in [1.807, 2.05) is 16.0 Å². The van der Waals surface area contributed by atoms with Gasteiger partial charge in [-0.1, -0.05) is 11.6 Å². The molecule has 0 spiro atoms. The minimum absolute atomic E-state index is 0.148. The maximum atomic E-state index is 11.8. The fourth-order valence-corrected chi connectivity index (χ4v) is 3.16. The fraction of sp³-hybridized carbons (Fsp3) is 0.385. The monoisotopic (exact) mass is 311 g/mol. The Kier molecular flexibility index (Phi) is 4.05. The van der Waals surface area contributed by atoms with Crippen molar-refractivity contribution < 1.29 is 9.53 Å². The predicted octanol–water partition coefficient (Wildman–Crippen LogP) is 2.36. The molecule has 0 radical (unpaired) electrons. The Morgan fingerprint density at radius 1 is 1.70 bits per heavy atom. The second kappa shape index (κ2) is 5.95. The Hall–Kier alpha value is -1.37. The molecule has 3 heterocycles. The Balaban J connectivity index is 1.62. The van der Waals surface area contributed by atoms with Gasteiger partial charge in [0.15, 0.2) is 10.1 Å². The van der Waals surface area contributed by atoms with E-state index in [0.29, 0.717) is 11.7 Å². The van der Waals surface area contributed by atoms with E-state index >= 15 is 0 Å². The van der Waals surface area contributed by atoms with Gasteiger partial charge in [-0.25, -0.2) is 4.98 Å². The number of aromatic nitrogens is 2. The molecule has 1 aliphatic rings. The first-order valence-corrected chi connectivity index (χ1v) is 7.68. The lowest BCUT2D eigenvalue weighted by atomic mass is 10.2. The van der Waals surface area contributed by atoms with Crippen molar-refractivity contribution in [3.63, 3.8) is 0 Å². The third kappa shape index (κ3) is 2.87. The number of imidazole rings is 1. The third-order valence-electron chi connectivity index (χ3n) is 3.17. The van der Waals surface area contributed by atoms with E-state index in [1.165, 1.54) is 17.4 Å². The van der Waals surface area contributed by atoms with Crippen LogP contribution >= 0.6 is 22.9 Å². The van der Waals surface area contributed by atoms with Gasteiger partial charge in [-0.05, 0) is 18.9 Å². The second-order valence-electron chi connectivity index (χ2n) is 4.56. The van der Waals surface area contributed by atoms with E-state index in [2.05, 4.69) is 10.3 Å². The molecule has 1 fully saturated rings. The zero-order valence-electron chi connectivity index (χ0n) is 10.7. The van der Waals surface area contributed by atoms with Crippen LogP contribution in [0, 0.1) is 0 Å². The molecule has 2 aromatic rings. The minimum atomic E-state index is -0.151. The lowest BCUT2D eigenvalue weighted by molar-refractivity contribution is -0.116. The summed E-state index contributed by atoms with van der Waals surface area (Å²) in [6, 6.07) is 0. The largest absolute Gasteiger partial charge is 0.376 e. The van der Waals surface area contributed by atoms with Gasteiger partial charge in [0.25, 0.3) is 0 Å². The van der Waals surface area contributed by atoms with E-state index in [-0.39, 0.29) is 12.0 Å². The summed E-state index contributed by atoms with van der Waals surface area (Å²) in [7, 11) is 0. The summed E-state index contributed by atoms with van der Waals surface area (Å²) in [6.07, 6.45) is 7.26. The number of fused-ring (bicyclic) bond motifs is 1. The molecule has 1 N–H and O–H groups in total. The van der Waals surface area contributed by atoms with E-state index in [1.54, 1.807) is 6.08 Å². The summed E-state index contributed by atoms with van der Waals surface area (Å²) in [5, 5.41) is 5.15. The lowest BCUT2D eigenvalue weighted by Crippen LogP contribution is -2.30. The normalized spacial score (nSPS) is 19.1. The molecular weight excluding hydrogens is 298 g/mol. The third-order valence-corrected chi connectivity index (χ3v) is 4.21. The fourth-order valence-electron chi connectivity index (χ4n) is 2.16. The SMILES string of the molecule is O=C(/C=C/c1c(Cl)nc2sccn12)NC[C@@H]1CCCO1. The van der Waals surface area contributed by atoms with E-state index in [0.717, 1.165) is 30.1 Å². The Morgan fingerprint density at radius 2 is 2.60 bits per heavy atom. The van der Waals surface area contributed by atoms with Crippen molar-refractivity contribution in [2.24, 2.45) is 0 Å². The predicted molar refractivity (Wildman–Crippen MR) is 79.1 cm³/mol. The van der Waals surface area contributed by atoms with Crippen molar-refractivity contribution in [1.29, 1.82) is 0 Å². The number of hydrogen-bond acceptors (Lipinski definition) is 4. The highest BCUT2D eigenvalue weighted by atomic mass is 35.5. The van der Waals surface area contributed by atoms with Crippen LogP contribution < -0.4 is 5.32 Å². The summed E-state index contributed by atoms with van der Waals surface area (Å²) < 4.78 is 7.31. The number of carbonyl (C=O) groups excluding carboxylic acids is 1. The number of ether oxygens (including phenoxy) is 1. The molecule has 0 unspecified atom stereocenters. The van der Waals surface area contributed by atoms with Gasteiger partial charge < -0.3 is 10.1 Å². The van der Waals surface area contributed by atoms with Crippen molar-refractivity contribution in [1.82, 2.24) is 14.7 Å². The van der Waals surface area contributed by atoms with Crippen molar-refractivity contribution in [2.45, 2.75) is 18.9 Å². The summed E-state index contributed by atoms with van der Waals surface area (Å²) >= 11 is 7.54. The topological polar surface area (TPSA) is 55.6 Å². The van der Waals surface area contributed by atoms with Crippen molar-refractivity contribution >= 4 is 39.9 Å². The molecule has 3 rings (SSSR count). The van der Waals surface area contributed by atoms with Gasteiger partial charge in [-0.15, -0.1) is 11.3 Å². The number of thiazole rings is 1. The van der Waals surface area contributed by atoms with Gasteiger partial charge in [0.05, 0.1) is 11.8 Å². The van der Waals surface area contributed by atoms with E-state index < -0.39 is 0 Å². The zero-order chi connectivity index (χ0) is 13.9. The average Bonchev–Trinajstić information content (AvgIpc) is 3.11. The van der Waals surface area contributed by atoms with Crippen LogP contribution in [0.5, 0.6) is 0 Å². The molecule has 1 saturated heterocycles. The number of carbonyl (C=O) groups is 1. The van der Waals surface area contributed by atoms with E-state index in [9.17, 15) is 4.79 Å². The lowest BCUT2D eigenvalue weighted by Gasteiger charge is -2.08. The number of hydrogen-bond donors (Lipinski definition) is 1.